The highest BCUT2D eigenvalue weighted by Crippen LogP contribution is 2.32. The number of aromatic nitrogens is 2. The number of nitro groups is 1. The molecule has 0 N–H and O–H groups in total. The molecule has 0 saturated heterocycles. The first-order chi connectivity index (χ1) is 15.3. The number of aryl methyl sites for hydroxylation is 1. The fourth-order valence-electron chi connectivity index (χ4n) is 3.80. The lowest BCUT2D eigenvalue weighted by Gasteiger charge is -2.23. The topological polar surface area (TPSA) is 81.3 Å². The number of hydrogen-bond acceptors (Lipinski definition) is 4. The first kappa shape index (κ1) is 22.0. The van der Waals surface area contributed by atoms with Crippen molar-refractivity contribution in [3.63, 3.8) is 0 Å². The summed E-state index contributed by atoms with van der Waals surface area (Å²) in [5.41, 5.74) is 2.53. The zero-order chi connectivity index (χ0) is 23.0. The molecule has 0 aliphatic heterocycles. The molecule has 0 unspecified atom stereocenters. The van der Waals surface area contributed by atoms with E-state index in [1.165, 1.54) is 6.07 Å². The highest BCUT2D eigenvalue weighted by molar-refractivity contribution is 6.31. The molecule has 1 aliphatic rings. The monoisotopic (exact) mass is 456 g/mol. The van der Waals surface area contributed by atoms with Gasteiger partial charge in [0.2, 0.25) is 0 Å². The van der Waals surface area contributed by atoms with E-state index < -0.39 is 10.7 Å². The van der Waals surface area contributed by atoms with E-state index in [1.54, 1.807) is 59.8 Å². The second-order valence-electron chi connectivity index (χ2n) is 8.00. The molecule has 2 aromatic carbocycles. The lowest BCUT2D eigenvalue weighted by atomic mass is 10.1. The van der Waals surface area contributed by atoms with E-state index in [0.717, 1.165) is 18.4 Å². The smallest absolute Gasteiger partial charge is 0.312 e. The summed E-state index contributed by atoms with van der Waals surface area (Å²) in [5, 5.41) is 15.8. The predicted octanol–water partition coefficient (Wildman–Crippen LogP) is 5.05. The van der Waals surface area contributed by atoms with Gasteiger partial charge in [0.1, 0.15) is 17.2 Å². The third-order valence-electron chi connectivity index (χ3n) is 5.70. The van der Waals surface area contributed by atoms with Gasteiger partial charge in [-0.3, -0.25) is 19.6 Å². The van der Waals surface area contributed by atoms with Crippen LogP contribution in [0.25, 0.3) is 0 Å². The molecule has 1 fully saturated rings. The lowest BCUT2D eigenvalue weighted by molar-refractivity contribution is -0.386. The SMILES string of the molecule is Cc1nn(Cc2ccc(C(=O)N(Cc3c(F)cccc3Cl)C3CC3)cc2)c(C)c1[N+](=O)[O-]. The minimum absolute atomic E-state index is 0.0173. The number of halogens is 2. The Bertz CT molecular complexity index is 1170. The summed E-state index contributed by atoms with van der Waals surface area (Å²) in [6, 6.07) is 11.6. The van der Waals surface area contributed by atoms with E-state index in [0.29, 0.717) is 34.1 Å². The number of hydrogen-bond donors (Lipinski definition) is 0. The number of carbonyl (C=O) groups excluding carboxylic acids is 1. The molecule has 1 amide bonds. The largest absolute Gasteiger partial charge is 0.331 e. The number of nitrogens with zero attached hydrogens (tertiary/aromatic N) is 4. The summed E-state index contributed by atoms with van der Waals surface area (Å²) in [6.07, 6.45) is 1.76. The predicted molar refractivity (Wildman–Crippen MR) is 118 cm³/mol. The average molecular weight is 457 g/mol. The maximum atomic E-state index is 14.3. The fraction of sp³-hybridized carbons (Fsp3) is 0.304. The van der Waals surface area contributed by atoms with E-state index in [9.17, 15) is 19.3 Å². The maximum absolute atomic E-state index is 14.3. The van der Waals surface area contributed by atoms with E-state index >= 15 is 0 Å². The Morgan fingerprint density at radius 3 is 2.50 bits per heavy atom. The van der Waals surface area contributed by atoms with E-state index in [-0.39, 0.29) is 24.2 Å². The summed E-state index contributed by atoms with van der Waals surface area (Å²) in [4.78, 5) is 25.6. The fourth-order valence-corrected chi connectivity index (χ4v) is 4.03. The summed E-state index contributed by atoms with van der Waals surface area (Å²) in [7, 11) is 0. The number of benzene rings is 2. The van der Waals surface area contributed by atoms with Gasteiger partial charge in [-0.1, -0.05) is 29.8 Å². The summed E-state index contributed by atoms with van der Waals surface area (Å²) in [5.74, 6) is -0.606. The Morgan fingerprint density at radius 2 is 1.94 bits per heavy atom. The van der Waals surface area contributed by atoms with Crippen molar-refractivity contribution in [3.05, 3.63) is 91.5 Å². The Morgan fingerprint density at radius 1 is 1.25 bits per heavy atom. The zero-order valence-electron chi connectivity index (χ0n) is 17.7. The van der Waals surface area contributed by atoms with Crippen LogP contribution in [0.2, 0.25) is 5.02 Å². The van der Waals surface area contributed by atoms with E-state index in [4.69, 9.17) is 11.6 Å². The number of amides is 1. The molecule has 166 valence electrons. The van der Waals surface area contributed by atoms with Gasteiger partial charge in [-0.05, 0) is 56.5 Å². The van der Waals surface area contributed by atoms with Crippen molar-refractivity contribution >= 4 is 23.2 Å². The van der Waals surface area contributed by atoms with Crippen LogP contribution in [0.3, 0.4) is 0 Å². The molecule has 0 bridgehead atoms. The third kappa shape index (κ3) is 4.36. The van der Waals surface area contributed by atoms with Crippen molar-refractivity contribution in [2.75, 3.05) is 0 Å². The van der Waals surface area contributed by atoms with Gasteiger partial charge in [-0.25, -0.2) is 4.39 Å². The Labute approximate surface area is 189 Å². The Balaban J connectivity index is 1.52. The first-order valence-electron chi connectivity index (χ1n) is 10.3. The highest BCUT2D eigenvalue weighted by atomic mass is 35.5. The van der Waals surface area contributed by atoms with Gasteiger partial charge in [-0.2, -0.15) is 5.10 Å². The van der Waals surface area contributed by atoms with Crippen LogP contribution in [0.5, 0.6) is 0 Å². The zero-order valence-corrected chi connectivity index (χ0v) is 18.5. The molecular formula is C23H22ClFN4O3. The molecule has 0 spiro atoms. The van der Waals surface area contributed by atoms with Crippen LogP contribution in [-0.4, -0.2) is 31.6 Å². The lowest BCUT2D eigenvalue weighted by Crippen LogP contribution is -2.33. The molecule has 7 nitrogen and oxygen atoms in total. The van der Waals surface area contributed by atoms with Gasteiger partial charge in [0.05, 0.1) is 18.0 Å². The van der Waals surface area contributed by atoms with Gasteiger partial charge < -0.3 is 4.90 Å². The normalized spacial score (nSPS) is 13.2. The molecule has 1 heterocycles. The molecule has 3 aromatic rings. The Hall–Kier alpha value is -3.26. The van der Waals surface area contributed by atoms with Crippen LogP contribution in [0.4, 0.5) is 10.1 Å². The van der Waals surface area contributed by atoms with E-state index in [2.05, 4.69) is 5.10 Å². The van der Waals surface area contributed by atoms with Gasteiger partial charge >= 0.3 is 5.69 Å². The molecule has 0 radical (unpaired) electrons. The average Bonchev–Trinajstić information content (AvgIpc) is 3.54. The van der Waals surface area contributed by atoms with Gasteiger partial charge in [0.15, 0.2) is 0 Å². The van der Waals surface area contributed by atoms with Crippen molar-refractivity contribution in [3.8, 4) is 0 Å². The van der Waals surface area contributed by atoms with Crippen molar-refractivity contribution in [1.82, 2.24) is 14.7 Å². The van der Waals surface area contributed by atoms with Gasteiger partial charge in [-0.15, -0.1) is 0 Å². The summed E-state index contributed by atoms with van der Waals surface area (Å²) < 4.78 is 15.8. The molecule has 1 aromatic heterocycles. The molecule has 1 aliphatic carbocycles. The van der Waals surface area contributed by atoms with Crippen molar-refractivity contribution in [2.24, 2.45) is 0 Å². The second-order valence-corrected chi connectivity index (χ2v) is 8.40. The van der Waals surface area contributed by atoms with Crippen LogP contribution in [0.1, 0.15) is 45.7 Å². The second kappa shape index (κ2) is 8.70. The van der Waals surface area contributed by atoms with Crippen molar-refractivity contribution < 1.29 is 14.1 Å². The van der Waals surface area contributed by atoms with Crippen LogP contribution in [0, 0.1) is 29.8 Å². The van der Waals surface area contributed by atoms with Crippen LogP contribution in [0.15, 0.2) is 42.5 Å². The van der Waals surface area contributed by atoms with Crippen LogP contribution < -0.4 is 0 Å². The number of rotatable bonds is 7. The van der Waals surface area contributed by atoms with Gasteiger partial charge in [0, 0.05) is 22.2 Å². The summed E-state index contributed by atoms with van der Waals surface area (Å²) in [6.45, 7) is 3.74. The molecular weight excluding hydrogens is 435 g/mol. The highest BCUT2D eigenvalue weighted by Gasteiger charge is 2.34. The quantitative estimate of drug-likeness (QED) is 0.368. The van der Waals surface area contributed by atoms with Crippen molar-refractivity contribution in [2.45, 2.75) is 45.8 Å². The maximum Gasteiger partial charge on any atom is 0.312 e. The molecule has 9 heteroatoms. The molecule has 1 saturated carbocycles. The van der Waals surface area contributed by atoms with Crippen molar-refractivity contribution in [1.29, 1.82) is 0 Å². The van der Waals surface area contributed by atoms with E-state index in [1.807, 2.05) is 0 Å². The van der Waals surface area contributed by atoms with Gasteiger partial charge in [0.25, 0.3) is 5.91 Å². The molecule has 32 heavy (non-hydrogen) atoms. The third-order valence-corrected chi connectivity index (χ3v) is 6.05. The first-order valence-corrected chi connectivity index (χ1v) is 10.6. The summed E-state index contributed by atoms with van der Waals surface area (Å²) >= 11 is 6.16. The Kier molecular flexibility index (Phi) is 5.97. The number of carbonyl (C=O) groups is 1. The van der Waals surface area contributed by atoms with Crippen LogP contribution >= 0.6 is 11.6 Å². The standard InChI is InChI=1S/C23H22ClFN4O3/c1-14-22(29(31)32)15(2)28(26-14)12-16-6-8-17(9-7-16)23(30)27(18-10-11-18)13-19-20(24)4-3-5-21(19)25/h3-9,18H,10-13H2,1-2H3. The minimum atomic E-state index is -0.426. The van der Waals surface area contributed by atoms with Crippen LogP contribution in [-0.2, 0) is 13.1 Å². The minimum Gasteiger partial charge on any atom is -0.331 e. The molecule has 0 atom stereocenters. The molecule has 4 rings (SSSR count).